The van der Waals surface area contributed by atoms with Crippen LogP contribution in [0.25, 0.3) is 11.4 Å². The maximum absolute atomic E-state index is 12.5. The first-order chi connectivity index (χ1) is 13.6. The Morgan fingerprint density at radius 1 is 1.11 bits per heavy atom. The fourth-order valence-electron chi connectivity index (χ4n) is 2.48. The lowest BCUT2D eigenvalue weighted by molar-refractivity contribution is -0.134. The van der Waals surface area contributed by atoms with Crippen LogP contribution in [0.3, 0.4) is 0 Å². The molecule has 0 aliphatic rings. The van der Waals surface area contributed by atoms with Gasteiger partial charge in [0.1, 0.15) is 18.0 Å². The fraction of sp³-hybridized carbons (Fsp3) is 0.250. The van der Waals surface area contributed by atoms with Crippen LogP contribution in [0, 0.1) is 0 Å². The van der Waals surface area contributed by atoms with Gasteiger partial charge in [-0.3, -0.25) is 4.79 Å². The van der Waals surface area contributed by atoms with Gasteiger partial charge in [-0.2, -0.15) is 4.98 Å². The Hall–Kier alpha value is -3.06. The van der Waals surface area contributed by atoms with Gasteiger partial charge in [0.05, 0.1) is 7.11 Å². The van der Waals surface area contributed by atoms with Crippen LogP contribution in [0.1, 0.15) is 12.8 Å². The minimum absolute atomic E-state index is 0.0850. The van der Waals surface area contributed by atoms with Crippen molar-refractivity contribution in [2.24, 2.45) is 0 Å². The number of likely N-dealkylation sites (N-methyl/N-ethyl adjacent to an activating group) is 1. The average Bonchev–Trinajstić information content (AvgIpc) is 3.19. The third-order valence-electron chi connectivity index (χ3n) is 4.05. The van der Waals surface area contributed by atoms with Gasteiger partial charge in [-0.05, 0) is 55.5 Å². The summed E-state index contributed by atoms with van der Waals surface area (Å²) >= 11 is 5.89. The molecule has 0 aliphatic heterocycles. The van der Waals surface area contributed by atoms with Crippen molar-refractivity contribution >= 4 is 17.5 Å². The Kier molecular flexibility index (Phi) is 6.49. The van der Waals surface area contributed by atoms with Gasteiger partial charge in [0, 0.05) is 17.1 Å². The van der Waals surface area contributed by atoms with E-state index in [4.69, 9.17) is 25.6 Å². The Morgan fingerprint density at radius 3 is 2.43 bits per heavy atom. The molecular formula is C20H20ClN3O4. The quantitative estimate of drug-likeness (QED) is 0.571. The fourth-order valence-corrected chi connectivity index (χ4v) is 2.61. The summed E-state index contributed by atoms with van der Waals surface area (Å²) in [5, 5.41) is 4.59. The standard InChI is InChI=1S/C20H20ClN3O4/c1-3-24(19(25)13-27-17-10-8-16(26-2)9-11-17)12-18-22-20(23-28-18)14-4-6-15(21)7-5-14/h4-11H,3,12-13H2,1-2H3. The van der Waals surface area contributed by atoms with Gasteiger partial charge in [-0.25, -0.2) is 0 Å². The number of rotatable bonds is 8. The second kappa shape index (κ2) is 9.23. The molecule has 3 rings (SSSR count). The molecule has 0 aliphatic carbocycles. The first-order valence-electron chi connectivity index (χ1n) is 8.72. The van der Waals surface area contributed by atoms with E-state index in [1.54, 1.807) is 48.4 Å². The van der Waals surface area contributed by atoms with Crippen molar-refractivity contribution in [3.63, 3.8) is 0 Å². The molecular weight excluding hydrogens is 382 g/mol. The highest BCUT2D eigenvalue weighted by Crippen LogP contribution is 2.19. The average molecular weight is 402 g/mol. The van der Waals surface area contributed by atoms with Crippen molar-refractivity contribution in [1.29, 1.82) is 0 Å². The minimum Gasteiger partial charge on any atom is -0.497 e. The van der Waals surface area contributed by atoms with Gasteiger partial charge in [0.15, 0.2) is 6.61 Å². The molecule has 3 aromatic rings. The Bertz CT molecular complexity index is 910. The molecule has 7 nitrogen and oxygen atoms in total. The normalized spacial score (nSPS) is 10.5. The third-order valence-corrected chi connectivity index (χ3v) is 4.30. The molecule has 0 unspecified atom stereocenters. The predicted octanol–water partition coefficient (Wildman–Crippen LogP) is 3.83. The summed E-state index contributed by atoms with van der Waals surface area (Å²) < 4.78 is 15.9. The first kappa shape index (κ1) is 19.7. The number of carbonyl (C=O) groups excluding carboxylic acids is 1. The number of methoxy groups -OCH3 is 1. The maximum Gasteiger partial charge on any atom is 0.260 e. The number of hydrogen-bond acceptors (Lipinski definition) is 6. The van der Waals surface area contributed by atoms with Crippen LogP contribution >= 0.6 is 11.6 Å². The molecule has 0 spiro atoms. The van der Waals surface area contributed by atoms with E-state index >= 15 is 0 Å². The third kappa shape index (κ3) is 5.01. The van der Waals surface area contributed by atoms with E-state index in [2.05, 4.69) is 10.1 Å². The number of hydrogen-bond donors (Lipinski definition) is 0. The zero-order valence-corrected chi connectivity index (χ0v) is 16.3. The van der Waals surface area contributed by atoms with E-state index in [0.717, 1.165) is 11.3 Å². The van der Waals surface area contributed by atoms with E-state index in [1.165, 1.54) is 0 Å². The van der Waals surface area contributed by atoms with E-state index in [-0.39, 0.29) is 19.1 Å². The van der Waals surface area contributed by atoms with E-state index < -0.39 is 0 Å². The Balaban J connectivity index is 1.58. The van der Waals surface area contributed by atoms with Crippen LogP contribution < -0.4 is 9.47 Å². The molecule has 0 saturated carbocycles. The molecule has 1 aromatic heterocycles. The smallest absolute Gasteiger partial charge is 0.260 e. The van der Waals surface area contributed by atoms with Gasteiger partial charge in [-0.15, -0.1) is 0 Å². The lowest BCUT2D eigenvalue weighted by Gasteiger charge is -2.19. The van der Waals surface area contributed by atoms with Gasteiger partial charge >= 0.3 is 0 Å². The number of ether oxygens (including phenoxy) is 2. The van der Waals surface area contributed by atoms with Crippen molar-refractivity contribution in [3.05, 3.63) is 59.4 Å². The number of amides is 1. The van der Waals surface area contributed by atoms with Gasteiger partial charge in [-0.1, -0.05) is 16.8 Å². The Labute approximate surface area is 167 Å². The number of nitrogens with zero attached hydrogens (tertiary/aromatic N) is 3. The molecule has 0 radical (unpaired) electrons. The summed E-state index contributed by atoms with van der Waals surface area (Å²) in [6.07, 6.45) is 0. The van der Waals surface area contributed by atoms with Gasteiger partial charge in [0.25, 0.3) is 5.91 Å². The number of benzene rings is 2. The summed E-state index contributed by atoms with van der Waals surface area (Å²) in [6, 6.07) is 14.2. The predicted molar refractivity (Wildman–Crippen MR) is 104 cm³/mol. The van der Waals surface area contributed by atoms with Crippen molar-refractivity contribution < 1.29 is 18.8 Å². The zero-order valence-electron chi connectivity index (χ0n) is 15.6. The molecule has 8 heteroatoms. The highest BCUT2D eigenvalue weighted by molar-refractivity contribution is 6.30. The van der Waals surface area contributed by atoms with Crippen LogP contribution in [0.5, 0.6) is 11.5 Å². The van der Waals surface area contributed by atoms with E-state index in [9.17, 15) is 4.79 Å². The highest BCUT2D eigenvalue weighted by Gasteiger charge is 2.17. The monoisotopic (exact) mass is 401 g/mol. The van der Waals surface area contributed by atoms with Gasteiger partial charge < -0.3 is 18.9 Å². The second-order valence-corrected chi connectivity index (χ2v) is 6.33. The topological polar surface area (TPSA) is 77.7 Å². The summed E-state index contributed by atoms with van der Waals surface area (Å²) in [5.41, 5.74) is 0.789. The van der Waals surface area contributed by atoms with E-state index in [0.29, 0.717) is 29.0 Å². The molecule has 28 heavy (non-hydrogen) atoms. The van der Waals surface area contributed by atoms with Crippen LogP contribution in [-0.4, -0.2) is 41.2 Å². The van der Waals surface area contributed by atoms with Crippen molar-refractivity contribution in [3.8, 4) is 22.9 Å². The number of halogens is 1. The molecule has 0 bridgehead atoms. The molecule has 0 saturated heterocycles. The molecule has 1 heterocycles. The summed E-state index contributed by atoms with van der Waals surface area (Å²) in [7, 11) is 1.59. The highest BCUT2D eigenvalue weighted by atomic mass is 35.5. The van der Waals surface area contributed by atoms with Crippen molar-refractivity contribution in [1.82, 2.24) is 15.0 Å². The largest absolute Gasteiger partial charge is 0.497 e. The van der Waals surface area contributed by atoms with Gasteiger partial charge in [0.2, 0.25) is 11.7 Å². The van der Waals surface area contributed by atoms with E-state index in [1.807, 2.05) is 19.1 Å². The summed E-state index contributed by atoms with van der Waals surface area (Å²) in [4.78, 5) is 18.4. The van der Waals surface area contributed by atoms with Crippen LogP contribution in [0.15, 0.2) is 53.1 Å². The molecule has 0 atom stereocenters. The number of aromatic nitrogens is 2. The summed E-state index contributed by atoms with van der Waals surface area (Å²) in [6.45, 7) is 2.49. The Morgan fingerprint density at radius 2 is 1.79 bits per heavy atom. The number of carbonyl (C=O) groups is 1. The zero-order chi connectivity index (χ0) is 19.9. The van der Waals surface area contributed by atoms with Crippen LogP contribution in [0.2, 0.25) is 5.02 Å². The second-order valence-electron chi connectivity index (χ2n) is 5.89. The molecule has 0 N–H and O–H groups in total. The van der Waals surface area contributed by atoms with Crippen LogP contribution in [-0.2, 0) is 11.3 Å². The molecule has 1 amide bonds. The SMILES string of the molecule is CCN(Cc1nc(-c2ccc(Cl)cc2)no1)C(=O)COc1ccc(OC)cc1. The lowest BCUT2D eigenvalue weighted by atomic mass is 10.2. The van der Waals surface area contributed by atoms with Crippen molar-refractivity contribution in [2.75, 3.05) is 20.3 Å². The minimum atomic E-state index is -0.176. The summed E-state index contributed by atoms with van der Waals surface area (Å²) in [5.74, 6) is 1.94. The molecule has 0 fully saturated rings. The lowest BCUT2D eigenvalue weighted by Crippen LogP contribution is -2.34. The maximum atomic E-state index is 12.5. The first-order valence-corrected chi connectivity index (χ1v) is 9.10. The molecule has 2 aromatic carbocycles. The molecule has 146 valence electrons. The van der Waals surface area contributed by atoms with Crippen molar-refractivity contribution in [2.45, 2.75) is 13.5 Å². The van der Waals surface area contributed by atoms with Crippen LogP contribution in [0.4, 0.5) is 0 Å².